The summed E-state index contributed by atoms with van der Waals surface area (Å²) in [5.74, 6) is -3.48. The Labute approximate surface area is 150 Å². The van der Waals surface area contributed by atoms with Crippen molar-refractivity contribution < 1.29 is 27.9 Å². The minimum atomic E-state index is -1.08. The molecule has 2 bridgehead atoms. The highest BCUT2D eigenvalue weighted by Crippen LogP contribution is 2.40. The van der Waals surface area contributed by atoms with Gasteiger partial charge in [0.15, 0.2) is 17.7 Å². The molecule has 0 aliphatic heterocycles. The first-order valence-corrected chi connectivity index (χ1v) is 8.85. The van der Waals surface area contributed by atoms with Crippen molar-refractivity contribution in [3.63, 3.8) is 0 Å². The molecule has 0 spiro atoms. The van der Waals surface area contributed by atoms with E-state index < -0.39 is 29.6 Å². The maximum Gasteiger partial charge on any atom is 0.309 e. The average Bonchev–Trinajstić information content (AvgIpc) is 2.57. The van der Waals surface area contributed by atoms with Crippen LogP contribution in [0, 0.1) is 29.4 Å². The van der Waals surface area contributed by atoms with Gasteiger partial charge < -0.3 is 10.1 Å². The largest absolute Gasteiger partial charge is 0.452 e. The molecule has 1 aromatic carbocycles. The molecule has 1 N–H and O–H groups in total. The normalized spacial score (nSPS) is 26.1. The summed E-state index contributed by atoms with van der Waals surface area (Å²) in [6, 6.07) is 2.98. The van der Waals surface area contributed by atoms with E-state index in [1.807, 2.05) is 0 Å². The summed E-state index contributed by atoms with van der Waals surface area (Å²) >= 11 is 0. The number of nitrogens with one attached hydrogen (secondary N) is 1. The highest BCUT2D eigenvalue weighted by molar-refractivity contribution is 5.95. The number of ketones is 1. The van der Waals surface area contributed by atoms with Crippen LogP contribution in [-0.4, -0.2) is 23.8 Å². The Bertz CT molecular complexity index is 720. The smallest absolute Gasteiger partial charge is 0.309 e. The van der Waals surface area contributed by atoms with Crippen molar-refractivity contribution in [3.05, 3.63) is 29.8 Å². The Kier molecular flexibility index (Phi) is 5.34. The lowest BCUT2D eigenvalue weighted by atomic mass is 9.67. The molecule has 1 aromatic rings. The number of esters is 1. The Hall–Kier alpha value is -2.31. The molecule has 2 aliphatic rings. The third kappa shape index (κ3) is 3.92. The summed E-state index contributed by atoms with van der Waals surface area (Å²) in [5.41, 5.74) is 0.0783. The van der Waals surface area contributed by atoms with Crippen LogP contribution in [0.15, 0.2) is 18.2 Å². The van der Waals surface area contributed by atoms with Gasteiger partial charge in [0, 0.05) is 23.6 Å². The van der Waals surface area contributed by atoms with Crippen LogP contribution in [0.3, 0.4) is 0 Å². The molecule has 0 aromatic heterocycles. The molecule has 0 heterocycles. The van der Waals surface area contributed by atoms with Crippen LogP contribution in [0.2, 0.25) is 0 Å². The fraction of sp³-hybridized carbons (Fsp3) is 0.526. The van der Waals surface area contributed by atoms with E-state index in [4.69, 9.17) is 4.74 Å². The Balaban J connectivity index is 1.56. The van der Waals surface area contributed by atoms with Crippen molar-refractivity contribution in [2.75, 3.05) is 5.32 Å². The topological polar surface area (TPSA) is 72.5 Å². The third-order valence-corrected chi connectivity index (χ3v) is 5.23. The SMILES string of the molecule is C[C@H](OC(=O)C1C[C@H]2CCC[C@@H](C1)C2=O)C(=O)Nc1ccc(F)c(F)c1. The fourth-order valence-corrected chi connectivity index (χ4v) is 3.81. The number of fused-ring (bicyclic) bond motifs is 2. The number of amides is 1. The molecule has 5 nitrogen and oxygen atoms in total. The van der Waals surface area contributed by atoms with Gasteiger partial charge in [-0.05, 0) is 44.7 Å². The van der Waals surface area contributed by atoms with Crippen molar-refractivity contribution >= 4 is 23.3 Å². The van der Waals surface area contributed by atoms with E-state index in [1.54, 1.807) is 0 Å². The number of ether oxygens (including phenoxy) is 1. The molecule has 3 rings (SSSR count). The lowest BCUT2D eigenvalue weighted by Gasteiger charge is -2.36. The predicted octanol–water partition coefficient (Wildman–Crippen LogP) is 3.23. The van der Waals surface area contributed by atoms with Crippen LogP contribution in [0.25, 0.3) is 0 Å². The zero-order valence-electron chi connectivity index (χ0n) is 14.5. The van der Waals surface area contributed by atoms with E-state index in [9.17, 15) is 23.2 Å². The van der Waals surface area contributed by atoms with Gasteiger partial charge in [-0.15, -0.1) is 0 Å². The number of anilines is 1. The van der Waals surface area contributed by atoms with Crippen LogP contribution in [0.4, 0.5) is 14.5 Å². The maximum atomic E-state index is 13.2. The van der Waals surface area contributed by atoms with Crippen molar-refractivity contribution in [1.82, 2.24) is 0 Å². The minimum absolute atomic E-state index is 0.0774. The molecule has 2 fully saturated rings. The van der Waals surface area contributed by atoms with Gasteiger partial charge in [0.05, 0.1) is 5.92 Å². The first kappa shape index (κ1) is 18.5. The highest BCUT2D eigenvalue weighted by atomic mass is 19.2. The van der Waals surface area contributed by atoms with Crippen molar-refractivity contribution in [2.24, 2.45) is 17.8 Å². The number of rotatable bonds is 4. The van der Waals surface area contributed by atoms with E-state index in [-0.39, 0.29) is 29.2 Å². The van der Waals surface area contributed by atoms with Gasteiger partial charge in [0.1, 0.15) is 5.78 Å². The molecule has 2 aliphatic carbocycles. The number of Topliss-reactive ketones (excluding diaryl/α,β-unsaturated/α-hetero) is 1. The van der Waals surface area contributed by atoms with Crippen LogP contribution in [-0.2, 0) is 19.1 Å². The van der Waals surface area contributed by atoms with E-state index in [2.05, 4.69) is 5.32 Å². The Morgan fingerprint density at radius 1 is 1.15 bits per heavy atom. The van der Waals surface area contributed by atoms with Gasteiger partial charge in [-0.2, -0.15) is 0 Å². The van der Waals surface area contributed by atoms with Crippen molar-refractivity contribution in [1.29, 1.82) is 0 Å². The lowest BCUT2D eigenvalue weighted by Crippen LogP contribution is -2.41. The van der Waals surface area contributed by atoms with E-state index in [1.165, 1.54) is 13.0 Å². The van der Waals surface area contributed by atoms with Crippen molar-refractivity contribution in [3.8, 4) is 0 Å². The van der Waals surface area contributed by atoms with Gasteiger partial charge in [-0.1, -0.05) is 6.42 Å². The number of halogens is 2. The molecule has 1 amide bonds. The number of carbonyl (C=O) groups is 3. The molecular formula is C19H21F2NO4. The molecule has 4 atom stereocenters. The second-order valence-electron chi connectivity index (χ2n) is 7.09. The summed E-state index contributed by atoms with van der Waals surface area (Å²) in [5, 5.41) is 2.39. The third-order valence-electron chi connectivity index (χ3n) is 5.23. The van der Waals surface area contributed by atoms with Gasteiger partial charge in [0.2, 0.25) is 0 Å². The molecule has 0 radical (unpaired) electrons. The predicted molar refractivity (Wildman–Crippen MR) is 89.1 cm³/mol. The summed E-state index contributed by atoms with van der Waals surface area (Å²) in [6.45, 7) is 1.42. The van der Waals surface area contributed by atoms with Crippen LogP contribution in [0.5, 0.6) is 0 Å². The molecule has 2 saturated carbocycles. The van der Waals surface area contributed by atoms with Gasteiger partial charge in [-0.25, -0.2) is 8.78 Å². The second kappa shape index (κ2) is 7.51. The lowest BCUT2D eigenvalue weighted by molar-refractivity contribution is -0.161. The Morgan fingerprint density at radius 2 is 1.81 bits per heavy atom. The fourth-order valence-electron chi connectivity index (χ4n) is 3.81. The average molecular weight is 365 g/mol. The maximum absolute atomic E-state index is 13.2. The van der Waals surface area contributed by atoms with Gasteiger partial charge in [-0.3, -0.25) is 14.4 Å². The standard InChI is InChI=1S/C19H21F2NO4/c1-10(18(24)22-14-5-6-15(20)16(21)9-14)26-19(25)13-7-11-3-2-4-12(8-13)17(11)23/h5-6,9-13H,2-4,7-8H2,1H3,(H,22,24)/t10-,11-,12+,13?/m0/s1. The zero-order chi connectivity index (χ0) is 18.8. The number of benzene rings is 1. The van der Waals surface area contributed by atoms with Crippen LogP contribution in [0.1, 0.15) is 39.0 Å². The summed E-state index contributed by atoms with van der Waals surface area (Å²) in [6.07, 6.45) is 2.51. The summed E-state index contributed by atoms with van der Waals surface area (Å²) < 4.78 is 31.4. The van der Waals surface area contributed by atoms with E-state index in [0.29, 0.717) is 12.8 Å². The van der Waals surface area contributed by atoms with E-state index >= 15 is 0 Å². The second-order valence-corrected chi connectivity index (χ2v) is 7.09. The highest BCUT2D eigenvalue weighted by Gasteiger charge is 2.42. The zero-order valence-corrected chi connectivity index (χ0v) is 14.5. The summed E-state index contributed by atoms with van der Waals surface area (Å²) in [4.78, 5) is 36.6. The monoisotopic (exact) mass is 365 g/mol. The van der Waals surface area contributed by atoms with E-state index in [0.717, 1.165) is 31.4 Å². The molecule has 7 heteroatoms. The number of carbonyl (C=O) groups excluding carboxylic acids is 3. The number of hydrogen-bond donors (Lipinski definition) is 1. The molecule has 140 valence electrons. The molecule has 0 saturated heterocycles. The quantitative estimate of drug-likeness (QED) is 0.832. The molecule has 26 heavy (non-hydrogen) atoms. The first-order chi connectivity index (χ1) is 12.3. The van der Waals surface area contributed by atoms with Crippen molar-refractivity contribution in [2.45, 2.75) is 45.1 Å². The van der Waals surface area contributed by atoms with Gasteiger partial charge in [0.25, 0.3) is 5.91 Å². The van der Waals surface area contributed by atoms with Crippen LogP contribution >= 0.6 is 0 Å². The van der Waals surface area contributed by atoms with Gasteiger partial charge >= 0.3 is 5.97 Å². The number of hydrogen-bond acceptors (Lipinski definition) is 4. The Morgan fingerprint density at radius 3 is 2.42 bits per heavy atom. The first-order valence-electron chi connectivity index (χ1n) is 8.85. The van der Waals surface area contributed by atoms with Crippen LogP contribution < -0.4 is 5.32 Å². The molecular weight excluding hydrogens is 344 g/mol. The molecule has 1 unspecified atom stereocenters. The summed E-state index contributed by atoms with van der Waals surface area (Å²) in [7, 11) is 0. The minimum Gasteiger partial charge on any atom is -0.452 e.